The van der Waals surface area contributed by atoms with Crippen LogP contribution in [0.4, 0.5) is 5.95 Å². The predicted octanol–water partition coefficient (Wildman–Crippen LogP) is -0.749. The number of H-pyrrole nitrogens is 1. The zero-order valence-corrected chi connectivity index (χ0v) is 18.5. The van der Waals surface area contributed by atoms with Gasteiger partial charge < -0.3 is 14.7 Å². The number of fused-ring (bicyclic) bond motifs is 2. The Labute approximate surface area is 185 Å². The maximum Gasteiger partial charge on any atom is 0.472 e. The molecule has 0 aromatic carbocycles. The molecule has 4 rings (SSSR count). The third-order valence-electron chi connectivity index (χ3n) is 4.41. The molecule has 0 aliphatic carbocycles. The third-order valence-corrected chi connectivity index (χ3v) is 5.39. The summed E-state index contributed by atoms with van der Waals surface area (Å²) in [5.41, 5.74) is -0.546. The number of hydrogen-bond donors (Lipinski definition) is 4. The van der Waals surface area contributed by atoms with Crippen molar-refractivity contribution in [3.8, 4) is 0 Å². The molecule has 153 valence electrons. The molecule has 29 heavy (non-hydrogen) atoms. The summed E-state index contributed by atoms with van der Waals surface area (Å²) in [5, 5.41) is 13.0. The molecule has 1 amide bonds. The molecule has 0 bridgehead atoms. The number of aromatic amines is 1. The van der Waals surface area contributed by atoms with Gasteiger partial charge in [-0.2, -0.15) is 4.98 Å². The van der Waals surface area contributed by atoms with Crippen molar-refractivity contribution < 1.29 is 33.1 Å². The Hall–Kier alpha value is -1.15. The molecule has 4 N–H and O–H groups in total. The summed E-state index contributed by atoms with van der Waals surface area (Å²) >= 11 is 0. The number of phosphoric acid groups is 1. The molecule has 1 radical (unpaired) electrons. The number of rotatable bonds is 4. The van der Waals surface area contributed by atoms with Gasteiger partial charge in [-0.05, 0) is 6.42 Å². The van der Waals surface area contributed by atoms with Crippen molar-refractivity contribution in [2.75, 3.05) is 11.9 Å². The molecule has 0 spiro atoms. The number of nitrogens with zero attached hydrogens (tertiary/aromatic N) is 3. The SMILES string of the molecule is CCCC(=O)Nc1nc2c(ncn2[C@@H]2O[C@@H]3COP(=O)(O)O[C@H]3[C@H]2O)c(=O)[nH]1.[Na]. The first-order valence-corrected chi connectivity index (χ1v) is 10.0. The average molecular weight is 438 g/mol. The number of aliphatic hydroxyl groups is 1. The fraction of sp³-hybridized carbons (Fsp3) is 0.571. The Morgan fingerprint density at radius 1 is 1.52 bits per heavy atom. The van der Waals surface area contributed by atoms with Gasteiger partial charge in [0.2, 0.25) is 11.9 Å². The Morgan fingerprint density at radius 3 is 3.00 bits per heavy atom. The molecule has 2 aromatic heterocycles. The van der Waals surface area contributed by atoms with E-state index in [9.17, 15) is 24.2 Å². The smallest absolute Gasteiger partial charge is 0.386 e. The van der Waals surface area contributed by atoms with Crippen molar-refractivity contribution in [2.24, 2.45) is 0 Å². The van der Waals surface area contributed by atoms with Crippen molar-refractivity contribution in [2.45, 2.75) is 44.3 Å². The van der Waals surface area contributed by atoms with Crippen LogP contribution in [0.5, 0.6) is 0 Å². The van der Waals surface area contributed by atoms with Crippen molar-refractivity contribution in [1.82, 2.24) is 19.5 Å². The van der Waals surface area contributed by atoms with E-state index < -0.39 is 37.9 Å². The number of nitrogens with one attached hydrogen (secondary N) is 2. The van der Waals surface area contributed by atoms with E-state index in [1.165, 1.54) is 10.9 Å². The van der Waals surface area contributed by atoms with Crippen LogP contribution in [-0.2, 0) is 23.1 Å². The predicted molar refractivity (Wildman–Crippen MR) is 98.0 cm³/mol. The normalized spacial score (nSPS) is 31.3. The van der Waals surface area contributed by atoms with E-state index >= 15 is 0 Å². The van der Waals surface area contributed by atoms with Gasteiger partial charge in [-0.15, -0.1) is 0 Å². The molecule has 5 atom stereocenters. The number of carbonyl (C=O) groups is 1. The Morgan fingerprint density at radius 2 is 2.28 bits per heavy atom. The number of imidazole rings is 1. The van der Waals surface area contributed by atoms with Gasteiger partial charge in [-0.3, -0.25) is 33.5 Å². The van der Waals surface area contributed by atoms with Gasteiger partial charge >= 0.3 is 7.82 Å². The second-order valence-electron chi connectivity index (χ2n) is 6.43. The van der Waals surface area contributed by atoms with Crippen LogP contribution in [0, 0.1) is 0 Å². The summed E-state index contributed by atoms with van der Waals surface area (Å²) in [6.07, 6.45) is -2.20. The first-order valence-electron chi connectivity index (χ1n) is 8.55. The maximum absolute atomic E-state index is 12.2. The molecular formula is C14H18N5NaO8P. The summed E-state index contributed by atoms with van der Waals surface area (Å²) in [5.74, 6) is -0.384. The van der Waals surface area contributed by atoms with Crippen LogP contribution in [0.2, 0.25) is 0 Å². The molecular weight excluding hydrogens is 420 g/mol. The second-order valence-corrected chi connectivity index (χ2v) is 7.83. The van der Waals surface area contributed by atoms with Crippen LogP contribution in [0.1, 0.15) is 26.0 Å². The minimum Gasteiger partial charge on any atom is -0.386 e. The number of aromatic nitrogens is 4. The number of hydrogen-bond acceptors (Lipinski definition) is 9. The number of ether oxygens (including phenoxy) is 1. The zero-order valence-electron chi connectivity index (χ0n) is 15.6. The molecule has 2 aliphatic rings. The minimum atomic E-state index is -4.27. The van der Waals surface area contributed by atoms with Gasteiger partial charge in [0.1, 0.15) is 18.3 Å². The molecule has 0 saturated carbocycles. The van der Waals surface area contributed by atoms with Gasteiger partial charge in [0.25, 0.3) is 5.56 Å². The number of anilines is 1. The van der Waals surface area contributed by atoms with Gasteiger partial charge in [0, 0.05) is 36.0 Å². The summed E-state index contributed by atoms with van der Waals surface area (Å²) in [7, 11) is -4.27. The van der Waals surface area contributed by atoms with Gasteiger partial charge in [-0.25, -0.2) is 9.55 Å². The monoisotopic (exact) mass is 438 g/mol. The Kier molecular flexibility index (Phi) is 6.63. The van der Waals surface area contributed by atoms with E-state index in [0.717, 1.165) is 0 Å². The second kappa shape index (κ2) is 8.53. The van der Waals surface area contributed by atoms with Crippen LogP contribution in [0.25, 0.3) is 11.2 Å². The molecule has 2 fully saturated rings. The van der Waals surface area contributed by atoms with E-state index in [0.29, 0.717) is 6.42 Å². The van der Waals surface area contributed by atoms with Crippen LogP contribution >= 0.6 is 7.82 Å². The van der Waals surface area contributed by atoms with Crippen molar-refractivity contribution >= 4 is 60.4 Å². The quantitative estimate of drug-likeness (QED) is 0.351. The number of aliphatic hydroxyl groups excluding tert-OH is 1. The van der Waals surface area contributed by atoms with Gasteiger partial charge in [0.05, 0.1) is 12.9 Å². The summed E-state index contributed by atoms with van der Waals surface area (Å²) < 4.78 is 28.2. The molecule has 2 saturated heterocycles. The van der Waals surface area contributed by atoms with Crippen molar-refractivity contribution in [3.63, 3.8) is 0 Å². The first kappa shape index (κ1) is 22.5. The third kappa shape index (κ3) is 4.33. The van der Waals surface area contributed by atoms with Crippen LogP contribution in [0.3, 0.4) is 0 Å². The van der Waals surface area contributed by atoms with Crippen LogP contribution < -0.4 is 10.9 Å². The van der Waals surface area contributed by atoms with Crippen LogP contribution in [0.15, 0.2) is 11.1 Å². The molecule has 1 unspecified atom stereocenters. The summed E-state index contributed by atoms with van der Waals surface area (Å²) in [6.45, 7) is 1.59. The molecule has 13 nitrogen and oxygen atoms in total. The molecule has 2 aromatic rings. The van der Waals surface area contributed by atoms with Crippen molar-refractivity contribution in [3.05, 3.63) is 16.7 Å². The fourth-order valence-corrected chi connectivity index (χ4v) is 4.12. The Balaban J connectivity index is 0.00000240. The van der Waals surface area contributed by atoms with E-state index in [4.69, 9.17) is 13.8 Å². The summed E-state index contributed by atoms with van der Waals surface area (Å²) in [4.78, 5) is 44.1. The van der Waals surface area contributed by atoms with E-state index in [-0.39, 0.29) is 65.6 Å². The van der Waals surface area contributed by atoms with Crippen LogP contribution in [-0.4, -0.2) is 89.9 Å². The van der Waals surface area contributed by atoms with E-state index in [2.05, 4.69) is 20.3 Å². The molecule has 2 aliphatic heterocycles. The number of amides is 1. The fourth-order valence-electron chi connectivity index (χ4n) is 3.16. The number of carbonyl (C=O) groups excluding carboxylic acids is 1. The number of phosphoric ester groups is 1. The van der Waals surface area contributed by atoms with Gasteiger partial charge in [-0.1, -0.05) is 6.92 Å². The average Bonchev–Trinajstić information content (AvgIpc) is 3.16. The maximum atomic E-state index is 12.2. The van der Waals surface area contributed by atoms with E-state index in [1.54, 1.807) is 0 Å². The first-order chi connectivity index (χ1) is 13.3. The molecule has 4 heterocycles. The topological polar surface area (TPSA) is 178 Å². The van der Waals surface area contributed by atoms with Crippen molar-refractivity contribution in [1.29, 1.82) is 0 Å². The standard InChI is InChI=1S/C14H18N5O8P.Na/c1-2-3-7(20)16-14-17-11-8(12(22)18-14)15-5-19(11)13-9(21)10-6(26-13)4-25-28(23,24)27-10;/h5-6,9-10,13,21H,2-4H2,1H3,(H,23,24)(H2,16,17,18,20,22);/t6-,9-,10-,13-;/m1./s1. The summed E-state index contributed by atoms with van der Waals surface area (Å²) in [6, 6.07) is 0. The molecule has 15 heteroatoms. The Bertz CT molecular complexity index is 1030. The largest absolute Gasteiger partial charge is 0.472 e. The van der Waals surface area contributed by atoms with E-state index in [1.807, 2.05) is 6.92 Å². The zero-order chi connectivity index (χ0) is 20.1. The minimum absolute atomic E-state index is 0. The van der Waals surface area contributed by atoms with Gasteiger partial charge in [0.15, 0.2) is 17.4 Å².